The molecule has 2 aliphatic rings. The molecule has 81 heavy (non-hydrogen) atoms. The summed E-state index contributed by atoms with van der Waals surface area (Å²) < 4.78 is 87.2. The lowest BCUT2D eigenvalue weighted by Crippen LogP contribution is -2.68. The van der Waals surface area contributed by atoms with Crippen molar-refractivity contribution in [3.05, 3.63) is 192 Å². The van der Waals surface area contributed by atoms with Gasteiger partial charge in [-0.3, -0.25) is 9.09 Å². The third-order valence-corrected chi connectivity index (χ3v) is 14.1. The van der Waals surface area contributed by atoms with E-state index < -0.39 is 108 Å². The summed E-state index contributed by atoms with van der Waals surface area (Å²) in [5.41, 5.74) is 3.88. The fourth-order valence-corrected chi connectivity index (χ4v) is 10.0. The number of carbonyl (C=O) groups excluding carboxylic acids is 2. The topological polar surface area (TPSA) is 186 Å². The van der Waals surface area contributed by atoms with E-state index in [1.165, 1.54) is 12.7 Å². The SMILES string of the molecule is C=CCOC1OC(COC2OC(COCc3ccccc3)C(OP(C)(=O)OCc3ccccc3)C(OCc3ccccc3)C2NC(=O)OCC(Cl)(Cl)Cl)C(OCc2ccccc2)C(OCc2ccccc2)C1NC(=O)OCC(Cl)(Cl)Cl. The molecular weight excluding hydrogens is 1200 g/mol. The Morgan fingerprint density at radius 1 is 0.519 bits per heavy atom. The standard InChI is InChI=1S/C57H63Cl6N2O15P/c1-3-29-70-52-46(64-54(66)75-37-56(58,59)60)50(72-32-41-23-13-6-14-24-41)48(71-31-40-21-11-5-12-22-40)45(79-52)36-74-53-47(65-55(67)76-38-57(61,62)63)51(73-33-42-25-15-7-16-26-42)49(44(78-53)35-69-30-39-19-9-4-10-20-39)80-81(2,68)77-34-43-27-17-8-18-28-43/h3-28,44-53H,1,29-38H2,2H3,(H,64,66)(H,65,67). The van der Waals surface area contributed by atoms with Gasteiger partial charge >= 0.3 is 19.8 Å². The molecule has 24 heteroatoms. The molecule has 0 saturated carbocycles. The molecule has 11 atom stereocenters. The number of rotatable bonds is 28. The minimum Gasteiger partial charge on any atom is -0.445 e. The van der Waals surface area contributed by atoms with Gasteiger partial charge in [0.15, 0.2) is 12.6 Å². The molecule has 2 amide bonds. The maximum Gasteiger partial charge on any atom is 0.407 e. The van der Waals surface area contributed by atoms with Gasteiger partial charge in [-0.1, -0.05) is 227 Å². The minimum atomic E-state index is -4.05. The van der Waals surface area contributed by atoms with Crippen molar-refractivity contribution in [2.24, 2.45) is 0 Å². The monoisotopic (exact) mass is 1260 g/mol. The van der Waals surface area contributed by atoms with Crippen LogP contribution in [0.15, 0.2) is 164 Å². The largest absolute Gasteiger partial charge is 0.445 e. The molecule has 5 aromatic carbocycles. The summed E-state index contributed by atoms with van der Waals surface area (Å²) in [5, 5.41) is 5.59. The Hall–Kier alpha value is -4.05. The fourth-order valence-electron chi connectivity index (χ4n) is 8.58. The average molecular weight is 1260 g/mol. The van der Waals surface area contributed by atoms with Crippen LogP contribution in [0.2, 0.25) is 0 Å². The van der Waals surface area contributed by atoms with Crippen molar-refractivity contribution < 1.29 is 70.6 Å². The van der Waals surface area contributed by atoms with E-state index in [0.717, 1.165) is 27.8 Å². The first kappa shape index (κ1) is 64.5. The number of carbonyl (C=O) groups is 2. The molecule has 17 nitrogen and oxygen atoms in total. The van der Waals surface area contributed by atoms with Crippen molar-refractivity contribution in [2.75, 3.05) is 39.7 Å². The third-order valence-electron chi connectivity index (χ3n) is 12.3. The van der Waals surface area contributed by atoms with Crippen LogP contribution in [0.1, 0.15) is 27.8 Å². The smallest absolute Gasteiger partial charge is 0.407 e. The molecule has 0 radical (unpaired) electrons. The van der Waals surface area contributed by atoms with Gasteiger partial charge < -0.3 is 62.5 Å². The van der Waals surface area contributed by atoms with Gasteiger partial charge in [-0.2, -0.15) is 0 Å². The lowest BCUT2D eigenvalue weighted by atomic mass is 9.95. The second kappa shape index (κ2) is 32.3. The quantitative estimate of drug-likeness (QED) is 0.0273. The molecular formula is C57H63Cl6N2O15P. The van der Waals surface area contributed by atoms with Crippen molar-refractivity contribution >= 4 is 89.4 Å². The Morgan fingerprint density at radius 3 is 1.31 bits per heavy atom. The number of alkyl halides is 6. The zero-order valence-corrected chi connectivity index (χ0v) is 49.3. The maximum absolute atomic E-state index is 14.6. The predicted molar refractivity (Wildman–Crippen MR) is 307 cm³/mol. The van der Waals surface area contributed by atoms with Gasteiger partial charge in [-0.05, 0) is 27.8 Å². The highest BCUT2D eigenvalue weighted by molar-refractivity contribution is 7.52. The number of ether oxygens (including phenoxy) is 10. The van der Waals surface area contributed by atoms with Crippen LogP contribution in [0.4, 0.5) is 9.59 Å². The summed E-state index contributed by atoms with van der Waals surface area (Å²) in [5.74, 6) is 0. The van der Waals surface area contributed by atoms with E-state index in [4.69, 9.17) is 126 Å². The number of amides is 2. The van der Waals surface area contributed by atoms with Crippen molar-refractivity contribution in [1.82, 2.24) is 10.6 Å². The zero-order valence-electron chi connectivity index (χ0n) is 43.9. The molecule has 0 spiro atoms. The molecule has 11 unspecified atom stereocenters. The maximum atomic E-state index is 14.6. The number of halogens is 6. The molecule has 7 rings (SSSR count). The summed E-state index contributed by atoms with van der Waals surface area (Å²) >= 11 is 36.1. The van der Waals surface area contributed by atoms with Gasteiger partial charge in [-0.15, -0.1) is 6.58 Å². The molecule has 2 saturated heterocycles. The first-order chi connectivity index (χ1) is 38.9. The highest BCUT2D eigenvalue weighted by Gasteiger charge is 2.53. The zero-order chi connectivity index (χ0) is 57.7. The Labute approximate surface area is 501 Å². The van der Waals surface area contributed by atoms with Crippen LogP contribution in [0, 0.1) is 0 Å². The van der Waals surface area contributed by atoms with Crippen LogP contribution in [0.5, 0.6) is 0 Å². The molecule has 0 aliphatic carbocycles. The number of alkyl carbamates (subject to hydrolysis) is 2. The van der Waals surface area contributed by atoms with Crippen molar-refractivity contribution in [3.8, 4) is 0 Å². The van der Waals surface area contributed by atoms with Gasteiger partial charge in [-0.25, -0.2) is 9.59 Å². The Balaban J connectivity index is 1.28. The van der Waals surface area contributed by atoms with E-state index in [1.54, 1.807) is 0 Å². The van der Waals surface area contributed by atoms with Crippen molar-refractivity contribution in [1.29, 1.82) is 0 Å². The van der Waals surface area contributed by atoms with Gasteiger partial charge in [0, 0.05) is 6.66 Å². The van der Waals surface area contributed by atoms with Crippen molar-refractivity contribution in [3.63, 3.8) is 0 Å². The first-order valence-corrected chi connectivity index (χ1v) is 29.9. The molecule has 2 N–H and O–H groups in total. The Kier molecular flexibility index (Phi) is 25.7. The Bertz CT molecular complexity index is 2710. The van der Waals surface area contributed by atoms with E-state index in [2.05, 4.69) is 17.2 Å². The first-order valence-electron chi connectivity index (χ1n) is 25.6. The molecule has 2 aliphatic heterocycles. The van der Waals surface area contributed by atoms with Gasteiger partial charge in [0.25, 0.3) is 0 Å². The number of hydrogen-bond donors (Lipinski definition) is 2. The summed E-state index contributed by atoms with van der Waals surface area (Å²) in [7, 11) is -4.05. The average Bonchev–Trinajstić information content (AvgIpc) is 3.45. The summed E-state index contributed by atoms with van der Waals surface area (Å²) in [6.07, 6.45) is -10.5. The van der Waals surface area contributed by atoms with Crippen LogP contribution in [-0.2, 0) is 94.0 Å². The van der Waals surface area contributed by atoms with E-state index in [0.29, 0.717) is 0 Å². The van der Waals surface area contributed by atoms with E-state index in [9.17, 15) is 14.2 Å². The molecule has 2 fully saturated rings. The number of nitrogens with one attached hydrogen (secondary N) is 2. The van der Waals surface area contributed by atoms with E-state index in [-0.39, 0.29) is 46.2 Å². The van der Waals surface area contributed by atoms with Gasteiger partial charge in [0.1, 0.15) is 61.9 Å². The second-order valence-corrected chi connectivity index (χ2v) is 25.7. The lowest BCUT2D eigenvalue weighted by molar-refractivity contribution is -0.313. The van der Waals surface area contributed by atoms with Crippen LogP contribution in [0.3, 0.4) is 0 Å². The van der Waals surface area contributed by atoms with Crippen LogP contribution in [-0.4, -0.2) is 121 Å². The molecule has 0 aromatic heterocycles. The molecule has 0 bridgehead atoms. The highest BCUT2D eigenvalue weighted by Crippen LogP contribution is 2.49. The molecule has 5 aromatic rings. The second-order valence-electron chi connectivity index (χ2n) is 18.6. The Morgan fingerprint density at radius 2 is 0.889 bits per heavy atom. The van der Waals surface area contributed by atoms with Crippen LogP contribution < -0.4 is 10.6 Å². The lowest BCUT2D eigenvalue weighted by Gasteiger charge is -2.48. The van der Waals surface area contributed by atoms with Crippen molar-refractivity contribution in [2.45, 2.75) is 102 Å². The molecule has 2 heterocycles. The molecule has 438 valence electrons. The summed E-state index contributed by atoms with van der Waals surface area (Å²) in [6.45, 7) is 3.30. The summed E-state index contributed by atoms with van der Waals surface area (Å²) in [6, 6.07) is 43.9. The van der Waals surface area contributed by atoms with Crippen LogP contribution in [0.25, 0.3) is 0 Å². The van der Waals surface area contributed by atoms with Gasteiger partial charge in [0.2, 0.25) is 7.59 Å². The van der Waals surface area contributed by atoms with Gasteiger partial charge in [0.05, 0.1) is 52.9 Å². The third kappa shape index (κ3) is 22.1. The minimum absolute atomic E-state index is 0.0245. The van der Waals surface area contributed by atoms with E-state index >= 15 is 0 Å². The normalized spacial score (nSPS) is 23.8. The fraction of sp³-hybridized carbons (Fsp3) is 0.404. The number of benzene rings is 5. The summed E-state index contributed by atoms with van der Waals surface area (Å²) in [4.78, 5) is 27.6. The van der Waals surface area contributed by atoms with E-state index in [1.807, 2.05) is 152 Å². The number of hydrogen-bond acceptors (Lipinski definition) is 15. The van der Waals surface area contributed by atoms with Crippen LogP contribution >= 0.6 is 77.2 Å². The highest BCUT2D eigenvalue weighted by atomic mass is 35.6. The predicted octanol–water partition coefficient (Wildman–Crippen LogP) is 12.0.